The molecule has 0 aliphatic rings. The Morgan fingerprint density at radius 3 is 0.840 bits per heavy atom. The van der Waals surface area contributed by atoms with Gasteiger partial charge in [0.25, 0.3) is 11.2 Å². The predicted octanol–water partition coefficient (Wildman–Crippen LogP) is 5.88. The lowest BCUT2D eigenvalue weighted by atomic mass is 9.91. The number of halogens is 12. The van der Waals surface area contributed by atoms with E-state index in [0.717, 1.165) is 0 Å². The highest BCUT2D eigenvalue weighted by molar-refractivity contribution is 5.08. The third-order valence-corrected chi connectivity index (χ3v) is 3.04. The number of hydrogen-bond donors (Lipinski definition) is 0. The molecule has 0 amide bonds. The second-order valence-corrected chi connectivity index (χ2v) is 4.73. The van der Waals surface area contributed by atoms with Gasteiger partial charge in [-0.2, -0.15) is 52.7 Å². The normalized spacial score (nSPS) is 15.2. The first-order valence-corrected chi connectivity index (χ1v) is 6.02. The summed E-state index contributed by atoms with van der Waals surface area (Å²) < 4.78 is 158. The maximum atomic E-state index is 13.0. The van der Waals surface area contributed by atoms with E-state index in [1.54, 1.807) is 0 Å². The molecule has 0 aromatic rings. The van der Waals surface area contributed by atoms with E-state index in [-0.39, 0.29) is 12.2 Å². The summed E-state index contributed by atoms with van der Waals surface area (Å²) in [6, 6.07) is 0. The van der Waals surface area contributed by atoms with Crippen LogP contribution in [0, 0.1) is 0 Å². The molecule has 0 aromatic heterocycles. The molecule has 0 rings (SSSR count). The van der Waals surface area contributed by atoms with E-state index >= 15 is 0 Å². The molecule has 0 N–H and O–H groups in total. The maximum Gasteiger partial charge on any atom is 0.426 e. The Hall–Kier alpha value is -1.40. The zero-order valence-corrected chi connectivity index (χ0v) is 11.9. The van der Waals surface area contributed by atoms with Crippen LogP contribution in [0.5, 0.6) is 0 Å². The van der Waals surface area contributed by atoms with E-state index in [2.05, 4.69) is 17.9 Å². The molecule has 25 heavy (non-hydrogen) atoms. The van der Waals surface area contributed by atoms with Gasteiger partial charge in [0.15, 0.2) is 0 Å². The Bertz CT molecular complexity index is 406. The molecule has 0 aliphatic heterocycles. The van der Waals surface area contributed by atoms with E-state index in [1.165, 1.54) is 0 Å². The standard InChI is InChI=1S/C12H10F12O/c1-3-5-7(9(13,14)15,10(16,17)18)25-8(6-4-2,11(19,20)21)12(22,23)24/h3-4H,1-2,5-6H2. The number of alkyl halides is 12. The fourth-order valence-electron chi connectivity index (χ4n) is 1.80. The summed E-state index contributed by atoms with van der Waals surface area (Å²) >= 11 is 0. The third-order valence-electron chi connectivity index (χ3n) is 3.04. The topological polar surface area (TPSA) is 9.23 Å². The van der Waals surface area contributed by atoms with Gasteiger partial charge >= 0.3 is 24.7 Å². The van der Waals surface area contributed by atoms with Crippen molar-refractivity contribution in [2.24, 2.45) is 0 Å². The molecule has 0 bridgehead atoms. The molecule has 0 atom stereocenters. The average Bonchev–Trinajstić information content (AvgIpc) is 2.31. The summed E-state index contributed by atoms with van der Waals surface area (Å²) in [6.45, 7) is 5.02. The zero-order valence-electron chi connectivity index (χ0n) is 11.9. The van der Waals surface area contributed by atoms with Crippen molar-refractivity contribution < 1.29 is 57.4 Å². The maximum absolute atomic E-state index is 13.0. The molecular formula is C12H10F12O. The van der Waals surface area contributed by atoms with Crippen molar-refractivity contribution in [2.45, 2.75) is 48.7 Å². The first kappa shape index (κ1) is 23.6. The highest BCUT2D eigenvalue weighted by Crippen LogP contribution is 2.57. The van der Waals surface area contributed by atoms with E-state index in [4.69, 9.17) is 0 Å². The van der Waals surface area contributed by atoms with E-state index in [0.29, 0.717) is 0 Å². The van der Waals surface area contributed by atoms with E-state index < -0.39 is 48.7 Å². The molecule has 0 radical (unpaired) electrons. The lowest BCUT2D eigenvalue weighted by Crippen LogP contribution is -2.69. The lowest BCUT2D eigenvalue weighted by molar-refractivity contribution is -0.466. The minimum atomic E-state index is -6.66. The van der Waals surface area contributed by atoms with Crippen LogP contribution in [0.15, 0.2) is 25.3 Å². The van der Waals surface area contributed by atoms with Gasteiger partial charge in [0.1, 0.15) is 0 Å². The van der Waals surface area contributed by atoms with Crippen LogP contribution in [0.3, 0.4) is 0 Å². The molecule has 0 spiro atoms. The van der Waals surface area contributed by atoms with Crippen molar-refractivity contribution in [2.75, 3.05) is 0 Å². The van der Waals surface area contributed by atoms with Gasteiger partial charge in [0.05, 0.1) is 0 Å². The molecule has 0 fully saturated rings. The van der Waals surface area contributed by atoms with Gasteiger partial charge in [-0.3, -0.25) is 0 Å². The van der Waals surface area contributed by atoms with Crippen molar-refractivity contribution >= 4 is 0 Å². The van der Waals surface area contributed by atoms with E-state index in [9.17, 15) is 52.7 Å². The highest BCUT2D eigenvalue weighted by Gasteiger charge is 2.81. The minimum absolute atomic E-state index is 0.146. The van der Waals surface area contributed by atoms with Crippen LogP contribution in [0.1, 0.15) is 12.8 Å². The smallest absolute Gasteiger partial charge is 0.333 e. The van der Waals surface area contributed by atoms with Crippen molar-refractivity contribution in [1.29, 1.82) is 0 Å². The molecular weight excluding hydrogens is 388 g/mol. The number of rotatable bonds is 6. The van der Waals surface area contributed by atoms with Crippen LogP contribution in [0.25, 0.3) is 0 Å². The first-order valence-electron chi connectivity index (χ1n) is 6.02. The summed E-state index contributed by atoms with van der Waals surface area (Å²) in [5.74, 6) is 0. The van der Waals surface area contributed by atoms with Gasteiger partial charge in [-0.25, -0.2) is 0 Å². The summed E-state index contributed by atoms with van der Waals surface area (Å²) in [7, 11) is 0. The van der Waals surface area contributed by atoms with Crippen LogP contribution in [0.4, 0.5) is 52.7 Å². The van der Waals surface area contributed by atoms with E-state index in [1.807, 2.05) is 0 Å². The number of hydrogen-bond acceptors (Lipinski definition) is 1. The summed E-state index contributed by atoms with van der Waals surface area (Å²) in [6.07, 6.45) is -31.8. The second-order valence-electron chi connectivity index (χ2n) is 4.73. The third kappa shape index (κ3) is 4.06. The summed E-state index contributed by atoms with van der Waals surface area (Å²) in [4.78, 5) is 0. The molecule has 0 unspecified atom stereocenters. The van der Waals surface area contributed by atoms with Gasteiger partial charge in [0.2, 0.25) is 0 Å². The van der Waals surface area contributed by atoms with Crippen LogP contribution in [0.2, 0.25) is 0 Å². The summed E-state index contributed by atoms with van der Waals surface area (Å²) in [5, 5.41) is 0. The monoisotopic (exact) mass is 398 g/mol. The van der Waals surface area contributed by atoms with Crippen molar-refractivity contribution in [3.05, 3.63) is 25.3 Å². The van der Waals surface area contributed by atoms with Gasteiger partial charge in [-0.15, -0.1) is 13.2 Å². The van der Waals surface area contributed by atoms with Gasteiger partial charge in [-0.1, -0.05) is 12.2 Å². The number of ether oxygens (including phenoxy) is 1. The van der Waals surface area contributed by atoms with Gasteiger partial charge < -0.3 is 4.74 Å². The first-order chi connectivity index (χ1) is 10.8. The Kier molecular flexibility index (Phi) is 6.35. The molecule has 0 saturated heterocycles. The average molecular weight is 398 g/mol. The van der Waals surface area contributed by atoms with Crippen molar-refractivity contribution in [1.82, 2.24) is 0 Å². The quantitative estimate of drug-likeness (QED) is 0.401. The van der Waals surface area contributed by atoms with Gasteiger partial charge in [-0.05, 0) is 0 Å². The molecule has 0 aliphatic carbocycles. The Morgan fingerprint density at radius 1 is 0.520 bits per heavy atom. The van der Waals surface area contributed by atoms with Crippen molar-refractivity contribution in [3.8, 4) is 0 Å². The predicted molar refractivity (Wildman–Crippen MR) is 60.4 cm³/mol. The van der Waals surface area contributed by atoms with Crippen LogP contribution in [-0.4, -0.2) is 35.9 Å². The molecule has 0 aromatic carbocycles. The largest absolute Gasteiger partial charge is 0.426 e. The molecule has 0 heterocycles. The second kappa shape index (κ2) is 6.72. The Morgan fingerprint density at radius 2 is 0.720 bits per heavy atom. The molecule has 1 nitrogen and oxygen atoms in total. The minimum Gasteiger partial charge on any atom is -0.333 e. The van der Waals surface area contributed by atoms with Crippen LogP contribution in [-0.2, 0) is 4.74 Å². The SMILES string of the molecule is C=CCC(OC(CC=C)(C(F)(F)F)C(F)(F)F)(C(F)(F)F)C(F)(F)F. The fourth-order valence-corrected chi connectivity index (χ4v) is 1.80. The zero-order chi connectivity index (χ0) is 20.5. The van der Waals surface area contributed by atoms with Gasteiger partial charge in [0, 0.05) is 12.8 Å². The molecule has 0 saturated carbocycles. The van der Waals surface area contributed by atoms with Crippen LogP contribution >= 0.6 is 0 Å². The fraction of sp³-hybridized carbons (Fsp3) is 0.667. The van der Waals surface area contributed by atoms with Crippen LogP contribution < -0.4 is 0 Å². The molecule has 148 valence electrons. The van der Waals surface area contributed by atoms with Crippen molar-refractivity contribution in [3.63, 3.8) is 0 Å². The Labute approximate surface area is 132 Å². The highest BCUT2D eigenvalue weighted by atomic mass is 19.4. The lowest BCUT2D eigenvalue weighted by Gasteiger charge is -2.45. The molecule has 13 heteroatoms. The Balaban J connectivity index is 6.84. The summed E-state index contributed by atoms with van der Waals surface area (Å²) in [5.41, 5.74) is -11.6.